The molecule has 1 atom stereocenters. The van der Waals surface area contributed by atoms with Gasteiger partial charge in [-0.2, -0.15) is 13.2 Å². The van der Waals surface area contributed by atoms with Gasteiger partial charge < -0.3 is 10.2 Å². The lowest BCUT2D eigenvalue weighted by Crippen LogP contribution is -2.55. The predicted octanol–water partition coefficient (Wildman–Crippen LogP) is 4.99. The average Bonchev–Trinajstić information content (AvgIpc) is 2.76. The largest absolute Gasteiger partial charge is 0.416 e. The van der Waals surface area contributed by atoms with Crippen LogP contribution in [0.2, 0.25) is 5.02 Å². The molecule has 7 nitrogen and oxygen atoms in total. The van der Waals surface area contributed by atoms with E-state index in [2.05, 4.69) is 5.32 Å². The number of halogens is 5. The summed E-state index contributed by atoms with van der Waals surface area (Å²) in [5.41, 5.74) is -1.90. The van der Waals surface area contributed by atoms with Crippen molar-refractivity contribution in [2.45, 2.75) is 58.4 Å². The molecule has 0 heterocycles. The fourth-order valence-electron chi connectivity index (χ4n) is 3.63. The van der Waals surface area contributed by atoms with Crippen molar-refractivity contribution in [2.75, 3.05) is 17.1 Å². The van der Waals surface area contributed by atoms with Crippen molar-refractivity contribution < 1.29 is 35.6 Å². The molecular weight excluding hydrogens is 550 g/mol. The normalized spacial score (nSPS) is 13.1. The first kappa shape index (κ1) is 31.4. The van der Waals surface area contributed by atoms with Gasteiger partial charge in [-0.25, -0.2) is 12.8 Å². The van der Waals surface area contributed by atoms with Crippen LogP contribution in [0.1, 0.15) is 45.2 Å². The third-order valence-electron chi connectivity index (χ3n) is 5.37. The number of carbonyl (C=O) groups excluding carboxylic acids is 2. The van der Waals surface area contributed by atoms with Crippen molar-refractivity contribution >= 4 is 39.1 Å². The summed E-state index contributed by atoms with van der Waals surface area (Å²) in [6, 6.07) is 6.21. The molecule has 2 amide bonds. The van der Waals surface area contributed by atoms with Crippen LogP contribution >= 0.6 is 11.6 Å². The van der Waals surface area contributed by atoms with E-state index in [1.807, 2.05) is 0 Å². The molecule has 0 aliphatic heterocycles. The first-order valence-electron chi connectivity index (χ1n) is 11.5. The second-order valence-electron chi connectivity index (χ2n) is 9.74. The fourth-order valence-corrected chi connectivity index (χ4v) is 4.76. The summed E-state index contributed by atoms with van der Waals surface area (Å²) >= 11 is 6.07. The molecule has 0 aliphatic carbocycles. The van der Waals surface area contributed by atoms with Gasteiger partial charge >= 0.3 is 6.18 Å². The van der Waals surface area contributed by atoms with Crippen LogP contribution < -0.4 is 9.62 Å². The van der Waals surface area contributed by atoms with E-state index in [-0.39, 0.29) is 18.0 Å². The molecule has 0 saturated carbocycles. The highest BCUT2D eigenvalue weighted by atomic mass is 35.5. The number of nitrogens with zero attached hydrogens (tertiary/aromatic N) is 2. The van der Waals surface area contributed by atoms with Crippen LogP contribution in [0.3, 0.4) is 0 Å². The molecule has 1 N–H and O–H groups in total. The van der Waals surface area contributed by atoms with E-state index in [9.17, 15) is 35.6 Å². The molecule has 2 aromatic carbocycles. The van der Waals surface area contributed by atoms with Gasteiger partial charge in [0.05, 0.1) is 22.5 Å². The Morgan fingerprint density at radius 3 is 2.11 bits per heavy atom. The zero-order valence-corrected chi connectivity index (χ0v) is 23.1. The molecule has 0 bridgehead atoms. The molecule has 38 heavy (non-hydrogen) atoms. The number of benzene rings is 2. The molecule has 0 unspecified atom stereocenters. The highest BCUT2D eigenvalue weighted by Gasteiger charge is 2.35. The number of amides is 2. The van der Waals surface area contributed by atoms with Gasteiger partial charge in [0.2, 0.25) is 21.8 Å². The lowest BCUT2D eigenvalue weighted by atomic mass is 10.1. The van der Waals surface area contributed by atoms with Gasteiger partial charge in [0, 0.05) is 12.1 Å². The minimum absolute atomic E-state index is 0.137. The SMILES string of the molecule is CC[C@H](C(=O)NC(C)(C)C)N(Cc1ccc(F)cc1)C(=O)CN(c1cc(C(F)(F)F)ccc1Cl)S(C)(=O)=O. The minimum Gasteiger partial charge on any atom is -0.350 e. The van der Waals surface area contributed by atoms with Crippen molar-refractivity contribution in [3.05, 3.63) is 64.4 Å². The van der Waals surface area contributed by atoms with E-state index in [0.29, 0.717) is 22.0 Å². The van der Waals surface area contributed by atoms with Crippen LogP contribution in [-0.2, 0) is 32.3 Å². The van der Waals surface area contributed by atoms with Crippen molar-refractivity contribution in [1.29, 1.82) is 0 Å². The first-order valence-corrected chi connectivity index (χ1v) is 13.8. The summed E-state index contributed by atoms with van der Waals surface area (Å²) in [7, 11) is -4.31. The van der Waals surface area contributed by atoms with Gasteiger partial charge in [0.25, 0.3) is 0 Å². The molecule has 0 fully saturated rings. The topological polar surface area (TPSA) is 86.8 Å². The second-order valence-corrected chi connectivity index (χ2v) is 12.1. The smallest absolute Gasteiger partial charge is 0.350 e. The summed E-state index contributed by atoms with van der Waals surface area (Å²) in [6.45, 7) is 5.75. The van der Waals surface area contributed by atoms with E-state index in [1.54, 1.807) is 27.7 Å². The van der Waals surface area contributed by atoms with E-state index in [0.717, 1.165) is 17.2 Å². The van der Waals surface area contributed by atoms with Crippen molar-refractivity contribution in [1.82, 2.24) is 10.2 Å². The highest BCUT2D eigenvalue weighted by Crippen LogP contribution is 2.36. The summed E-state index contributed by atoms with van der Waals surface area (Å²) in [5, 5.41) is 2.46. The monoisotopic (exact) mass is 579 g/mol. The molecule has 0 aromatic heterocycles. The van der Waals surface area contributed by atoms with Gasteiger partial charge in [-0.1, -0.05) is 30.7 Å². The summed E-state index contributed by atoms with van der Waals surface area (Å²) in [5.74, 6) is -1.91. The van der Waals surface area contributed by atoms with Crippen LogP contribution in [0.4, 0.5) is 23.2 Å². The van der Waals surface area contributed by atoms with Gasteiger partial charge in [0.1, 0.15) is 18.4 Å². The van der Waals surface area contributed by atoms with Gasteiger partial charge in [0.15, 0.2) is 0 Å². The average molecular weight is 580 g/mol. The van der Waals surface area contributed by atoms with E-state index in [1.165, 1.54) is 24.3 Å². The molecule has 0 aliphatic rings. The predicted molar refractivity (Wildman–Crippen MR) is 138 cm³/mol. The Kier molecular flexibility index (Phi) is 9.82. The fraction of sp³-hybridized carbons (Fsp3) is 0.440. The Morgan fingerprint density at radius 1 is 1.05 bits per heavy atom. The number of hydrogen-bond acceptors (Lipinski definition) is 4. The second kappa shape index (κ2) is 11.9. The Balaban J connectivity index is 2.56. The zero-order chi connectivity index (χ0) is 29.1. The maximum Gasteiger partial charge on any atom is 0.416 e. The molecule has 13 heteroatoms. The van der Waals surface area contributed by atoms with E-state index < -0.39 is 63.2 Å². The van der Waals surface area contributed by atoms with Crippen molar-refractivity contribution in [3.8, 4) is 0 Å². The molecular formula is C25H30ClF4N3O4S. The molecule has 2 rings (SSSR count). The Labute approximate surface area is 224 Å². The number of hydrogen-bond donors (Lipinski definition) is 1. The molecule has 0 spiro atoms. The number of alkyl halides is 3. The van der Waals surface area contributed by atoms with Crippen LogP contribution in [-0.4, -0.2) is 49.5 Å². The lowest BCUT2D eigenvalue weighted by molar-refractivity contribution is -0.141. The number of carbonyl (C=O) groups is 2. The lowest BCUT2D eigenvalue weighted by Gasteiger charge is -2.34. The van der Waals surface area contributed by atoms with Gasteiger partial charge in [-0.15, -0.1) is 0 Å². The van der Waals surface area contributed by atoms with Gasteiger partial charge in [-0.05, 0) is 63.1 Å². The van der Waals surface area contributed by atoms with Crippen molar-refractivity contribution in [3.63, 3.8) is 0 Å². The third kappa shape index (κ3) is 8.59. The Morgan fingerprint density at radius 2 is 1.63 bits per heavy atom. The molecule has 210 valence electrons. The maximum absolute atomic E-state index is 13.6. The Bertz CT molecular complexity index is 1260. The first-order chi connectivity index (χ1) is 17.3. The molecule has 0 saturated heterocycles. The third-order valence-corrected chi connectivity index (χ3v) is 6.82. The summed E-state index contributed by atoms with van der Waals surface area (Å²) in [4.78, 5) is 27.8. The van der Waals surface area contributed by atoms with Crippen LogP contribution in [0.25, 0.3) is 0 Å². The standard InChI is InChI=1S/C25H30ClF4N3O4S/c1-6-20(23(35)31-24(2,3)4)32(14-16-7-10-18(27)11-8-16)22(34)15-33(38(5,36)37)21-13-17(25(28,29)30)9-12-19(21)26/h7-13,20H,6,14-15H2,1-5H3,(H,31,35)/t20-/m1/s1. The van der Waals surface area contributed by atoms with Crippen LogP contribution in [0.5, 0.6) is 0 Å². The quantitative estimate of drug-likeness (QED) is 0.424. The van der Waals surface area contributed by atoms with E-state index >= 15 is 0 Å². The summed E-state index contributed by atoms with van der Waals surface area (Å²) in [6.07, 6.45) is -3.93. The van der Waals surface area contributed by atoms with Crippen LogP contribution in [0, 0.1) is 5.82 Å². The Hall–Kier alpha value is -2.86. The number of sulfonamides is 1. The molecule has 2 aromatic rings. The number of nitrogens with one attached hydrogen (secondary N) is 1. The van der Waals surface area contributed by atoms with Gasteiger partial charge in [-0.3, -0.25) is 13.9 Å². The van der Waals surface area contributed by atoms with Crippen LogP contribution in [0.15, 0.2) is 42.5 Å². The van der Waals surface area contributed by atoms with E-state index in [4.69, 9.17) is 11.6 Å². The zero-order valence-electron chi connectivity index (χ0n) is 21.6. The summed E-state index contributed by atoms with van der Waals surface area (Å²) < 4.78 is 79.3. The highest BCUT2D eigenvalue weighted by molar-refractivity contribution is 7.92. The van der Waals surface area contributed by atoms with Crippen molar-refractivity contribution in [2.24, 2.45) is 0 Å². The number of anilines is 1. The number of rotatable bonds is 9. The maximum atomic E-state index is 13.6. The minimum atomic E-state index is -4.79. The molecule has 0 radical (unpaired) electrons.